The number of hydrogen-bond donors (Lipinski definition) is 1. The number of rotatable bonds is 8. The summed E-state index contributed by atoms with van der Waals surface area (Å²) >= 11 is 3.55. The van der Waals surface area contributed by atoms with Crippen LogP contribution in [0.3, 0.4) is 0 Å². The van der Waals surface area contributed by atoms with Crippen molar-refractivity contribution in [2.75, 3.05) is 13.2 Å². The smallest absolute Gasteiger partial charge is 0.261 e. The van der Waals surface area contributed by atoms with Crippen molar-refractivity contribution in [2.24, 2.45) is 0 Å². The molecule has 2 aromatic rings. The Labute approximate surface area is 194 Å². The molecule has 0 spiro atoms. The first-order valence-corrected chi connectivity index (χ1v) is 11.4. The number of nitrogens with one attached hydrogen (secondary N) is 1. The summed E-state index contributed by atoms with van der Waals surface area (Å²) < 4.78 is 6.62. The van der Waals surface area contributed by atoms with Crippen molar-refractivity contribution in [1.82, 2.24) is 10.2 Å². The first-order valence-electron chi connectivity index (χ1n) is 10.6. The van der Waals surface area contributed by atoms with E-state index in [4.69, 9.17) is 4.74 Å². The third kappa shape index (κ3) is 7.10. The molecule has 0 saturated carbocycles. The second-order valence-electron chi connectivity index (χ2n) is 8.76. The van der Waals surface area contributed by atoms with Crippen molar-refractivity contribution >= 4 is 27.7 Å². The van der Waals surface area contributed by atoms with Gasteiger partial charge in [0.05, 0.1) is 4.47 Å². The van der Waals surface area contributed by atoms with Gasteiger partial charge in [0.2, 0.25) is 5.91 Å². The van der Waals surface area contributed by atoms with Gasteiger partial charge in [-0.2, -0.15) is 0 Å². The summed E-state index contributed by atoms with van der Waals surface area (Å²) in [6.07, 6.45) is 0. The molecule has 0 fully saturated rings. The molecule has 0 bridgehead atoms. The van der Waals surface area contributed by atoms with Gasteiger partial charge in [0.15, 0.2) is 6.61 Å². The number of carbonyl (C=O) groups excluding carboxylic acids is 2. The Kier molecular flexibility index (Phi) is 8.69. The van der Waals surface area contributed by atoms with Crippen LogP contribution in [-0.4, -0.2) is 35.9 Å². The van der Waals surface area contributed by atoms with Crippen molar-refractivity contribution < 1.29 is 14.3 Å². The maximum Gasteiger partial charge on any atom is 0.261 e. The van der Waals surface area contributed by atoms with Crippen molar-refractivity contribution in [3.8, 4) is 5.75 Å². The molecule has 2 amide bonds. The van der Waals surface area contributed by atoms with Crippen LogP contribution in [0.2, 0.25) is 0 Å². The molecule has 2 rings (SSSR count). The molecule has 0 aliphatic rings. The van der Waals surface area contributed by atoms with Gasteiger partial charge in [-0.25, -0.2) is 0 Å². The minimum absolute atomic E-state index is 0.0176. The van der Waals surface area contributed by atoms with E-state index in [0.717, 1.165) is 15.6 Å². The zero-order valence-electron chi connectivity index (χ0n) is 19.3. The van der Waals surface area contributed by atoms with Crippen molar-refractivity contribution in [3.05, 3.63) is 63.6 Å². The van der Waals surface area contributed by atoms with Crippen molar-refractivity contribution in [3.63, 3.8) is 0 Å². The lowest BCUT2D eigenvalue weighted by Crippen LogP contribution is -2.49. The van der Waals surface area contributed by atoms with Crippen LogP contribution in [0.5, 0.6) is 5.75 Å². The van der Waals surface area contributed by atoms with Crippen LogP contribution >= 0.6 is 15.9 Å². The molecule has 5 nitrogen and oxygen atoms in total. The highest BCUT2D eigenvalue weighted by Gasteiger charge is 2.26. The average molecular weight is 489 g/mol. The molecular formula is C25H33BrN2O3. The number of likely N-dealkylation sites (N-methyl/N-ethyl adjacent to an activating group) is 1. The van der Waals surface area contributed by atoms with Gasteiger partial charge in [-0.05, 0) is 65.4 Å². The molecule has 2 aromatic carbocycles. The Hall–Kier alpha value is -2.34. The Morgan fingerprint density at radius 1 is 1.13 bits per heavy atom. The predicted octanol–water partition coefficient (Wildman–Crippen LogP) is 4.99. The molecule has 1 unspecified atom stereocenters. The molecule has 31 heavy (non-hydrogen) atoms. The number of carbonyl (C=O) groups is 2. The summed E-state index contributed by atoms with van der Waals surface area (Å²) in [5.74, 6) is 0.173. The fourth-order valence-electron chi connectivity index (χ4n) is 3.10. The van der Waals surface area contributed by atoms with Gasteiger partial charge in [0.25, 0.3) is 5.91 Å². The number of halogens is 1. The SMILES string of the molecule is CCNC(=O)C(C)N(Cc1ccc(C)cc1)C(=O)COc1ccc(C(C)(C)C)cc1Br. The van der Waals surface area contributed by atoms with E-state index in [-0.39, 0.29) is 23.8 Å². The summed E-state index contributed by atoms with van der Waals surface area (Å²) in [6.45, 7) is 12.7. The highest BCUT2D eigenvalue weighted by Crippen LogP contribution is 2.31. The van der Waals surface area contributed by atoms with Gasteiger partial charge in [-0.3, -0.25) is 9.59 Å². The van der Waals surface area contributed by atoms with E-state index in [2.05, 4.69) is 42.0 Å². The lowest BCUT2D eigenvalue weighted by atomic mass is 9.87. The number of hydrogen-bond acceptors (Lipinski definition) is 3. The normalized spacial score (nSPS) is 12.2. The maximum atomic E-state index is 13.1. The molecule has 0 saturated heterocycles. The van der Waals surface area contributed by atoms with Gasteiger partial charge >= 0.3 is 0 Å². The molecular weight excluding hydrogens is 456 g/mol. The van der Waals surface area contributed by atoms with Crippen LogP contribution in [0.4, 0.5) is 0 Å². The van der Waals surface area contributed by atoms with Gasteiger partial charge in [0, 0.05) is 13.1 Å². The molecule has 0 aliphatic carbocycles. The number of benzene rings is 2. The monoisotopic (exact) mass is 488 g/mol. The van der Waals surface area contributed by atoms with E-state index < -0.39 is 6.04 Å². The summed E-state index contributed by atoms with van der Waals surface area (Å²) in [4.78, 5) is 27.1. The third-order valence-corrected chi connectivity index (χ3v) is 5.76. The molecule has 6 heteroatoms. The molecule has 0 aliphatic heterocycles. The molecule has 1 atom stereocenters. The van der Waals surface area contributed by atoms with E-state index in [0.29, 0.717) is 18.8 Å². The van der Waals surface area contributed by atoms with E-state index in [1.54, 1.807) is 11.8 Å². The van der Waals surface area contributed by atoms with E-state index in [1.807, 2.05) is 56.3 Å². The largest absolute Gasteiger partial charge is 0.483 e. The summed E-state index contributed by atoms with van der Waals surface area (Å²) in [6, 6.07) is 13.2. The lowest BCUT2D eigenvalue weighted by molar-refractivity contribution is -0.142. The second kappa shape index (κ2) is 10.8. The van der Waals surface area contributed by atoms with Crippen LogP contribution in [0.25, 0.3) is 0 Å². The maximum absolute atomic E-state index is 13.1. The highest BCUT2D eigenvalue weighted by molar-refractivity contribution is 9.10. The summed E-state index contributed by atoms with van der Waals surface area (Å²) in [7, 11) is 0. The minimum atomic E-state index is -0.607. The van der Waals surface area contributed by atoms with Crippen LogP contribution < -0.4 is 10.1 Å². The average Bonchev–Trinajstić information content (AvgIpc) is 2.71. The first kappa shape index (κ1) is 24.9. The highest BCUT2D eigenvalue weighted by atomic mass is 79.9. The van der Waals surface area contributed by atoms with E-state index in [9.17, 15) is 9.59 Å². The number of amides is 2. The summed E-state index contributed by atoms with van der Waals surface area (Å²) in [5, 5.41) is 2.80. The Balaban J connectivity index is 2.16. The van der Waals surface area contributed by atoms with Gasteiger partial charge in [0.1, 0.15) is 11.8 Å². The minimum Gasteiger partial charge on any atom is -0.483 e. The Morgan fingerprint density at radius 2 is 1.77 bits per heavy atom. The first-order chi connectivity index (χ1) is 14.5. The van der Waals surface area contributed by atoms with E-state index >= 15 is 0 Å². The predicted molar refractivity (Wildman–Crippen MR) is 128 cm³/mol. The third-order valence-electron chi connectivity index (χ3n) is 5.14. The van der Waals surface area contributed by atoms with Gasteiger partial charge in [-0.15, -0.1) is 0 Å². The van der Waals surface area contributed by atoms with Gasteiger partial charge in [-0.1, -0.05) is 56.7 Å². The van der Waals surface area contributed by atoms with Gasteiger partial charge < -0.3 is 15.0 Å². The number of ether oxygens (including phenoxy) is 1. The second-order valence-corrected chi connectivity index (χ2v) is 9.62. The van der Waals surface area contributed by atoms with E-state index in [1.165, 1.54) is 5.56 Å². The molecule has 168 valence electrons. The Bertz CT molecular complexity index is 904. The topological polar surface area (TPSA) is 58.6 Å². The fourth-order valence-corrected chi connectivity index (χ4v) is 3.59. The van der Waals surface area contributed by atoms with Crippen molar-refractivity contribution in [2.45, 2.75) is 59.5 Å². The Morgan fingerprint density at radius 3 is 2.32 bits per heavy atom. The number of aryl methyl sites for hydroxylation is 1. The zero-order valence-corrected chi connectivity index (χ0v) is 20.9. The van der Waals surface area contributed by atoms with Crippen LogP contribution in [-0.2, 0) is 21.5 Å². The van der Waals surface area contributed by atoms with Crippen LogP contribution in [0.15, 0.2) is 46.9 Å². The quantitative estimate of drug-likeness (QED) is 0.569. The molecule has 0 heterocycles. The van der Waals surface area contributed by atoms with Crippen LogP contribution in [0.1, 0.15) is 51.3 Å². The zero-order chi connectivity index (χ0) is 23.2. The molecule has 0 radical (unpaired) electrons. The number of nitrogens with zero attached hydrogens (tertiary/aromatic N) is 1. The standard InChI is InChI=1S/C25H33BrN2O3/c1-7-27-24(30)18(3)28(15-19-10-8-17(2)9-11-19)23(29)16-31-22-13-12-20(14-21(22)26)25(4,5)6/h8-14,18H,7,15-16H2,1-6H3,(H,27,30). The molecule has 0 aromatic heterocycles. The van der Waals surface area contributed by atoms with Crippen molar-refractivity contribution in [1.29, 1.82) is 0 Å². The summed E-state index contributed by atoms with van der Waals surface area (Å²) in [5.41, 5.74) is 3.30. The fraction of sp³-hybridized carbons (Fsp3) is 0.440. The lowest BCUT2D eigenvalue weighted by Gasteiger charge is -2.29. The molecule has 1 N–H and O–H groups in total. The van der Waals surface area contributed by atoms with Crippen LogP contribution in [0, 0.1) is 6.92 Å².